The van der Waals surface area contributed by atoms with Crippen LogP contribution in [-0.2, 0) is 0 Å². The number of aryl methyl sites for hydroxylation is 1. The van der Waals surface area contributed by atoms with Gasteiger partial charge in [0.15, 0.2) is 0 Å². The highest BCUT2D eigenvalue weighted by atomic mass is 16.2. The number of rotatable bonds is 4. The van der Waals surface area contributed by atoms with E-state index in [0.717, 1.165) is 29.8 Å². The highest BCUT2D eigenvalue weighted by molar-refractivity contribution is 5.89. The van der Waals surface area contributed by atoms with Crippen molar-refractivity contribution in [1.82, 2.24) is 5.32 Å². The van der Waals surface area contributed by atoms with Crippen molar-refractivity contribution in [3.05, 3.63) is 23.8 Å². The zero-order valence-electron chi connectivity index (χ0n) is 10.7. The molecule has 1 aromatic carbocycles. The van der Waals surface area contributed by atoms with E-state index in [0.29, 0.717) is 0 Å². The predicted octanol–water partition coefficient (Wildman–Crippen LogP) is 2.89. The first kappa shape index (κ1) is 13.4. The Balaban J connectivity index is 2.53. The van der Waals surface area contributed by atoms with Gasteiger partial charge in [-0.25, -0.2) is 4.79 Å². The maximum absolute atomic E-state index is 11.6. The summed E-state index contributed by atoms with van der Waals surface area (Å²) in [5.41, 5.74) is 8.17. The van der Waals surface area contributed by atoms with Crippen LogP contribution in [0.2, 0.25) is 0 Å². The van der Waals surface area contributed by atoms with Crippen LogP contribution in [0.5, 0.6) is 0 Å². The van der Waals surface area contributed by atoms with E-state index in [1.54, 1.807) is 12.1 Å². The van der Waals surface area contributed by atoms with Crippen molar-refractivity contribution < 1.29 is 4.79 Å². The average Bonchev–Trinajstić information content (AvgIpc) is 2.23. The molecule has 0 saturated heterocycles. The number of nitrogen functional groups attached to an aromatic ring is 1. The van der Waals surface area contributed by atoms with Crippen LogP contribution in [0.4, 0.5) is 16.2 Å². The van der Waals surface area contributed by atoms with Gasteiger partial charge in [0.2, 0.25) is 0 Å². The SMILES string of the molecule is CCCC(C)NC(=O)Nc1ccc(N)c(C)c1. The smallest absolute Gasteiger partial charge is 0.319 e. The number of hydrogen-bond acceptors (Lipinski definition) is 2. The Morgan fingerprint density at radius 2 is 2.18 bits per heavy atom. The number of carbonyl (C=O) groups is 1. The fourth-order valence-electron chi connectivity index (χ4n) is 1.65. The molecule has 1 unspecified atom stereocenters. The van der Waals surface area contributed by atoms with Gasteiger partial charge in [-0.3, -0.25) is 0 Å². The summed E-state index contributed by atoms with van der Waals surface area (Å²) in [6.07, 6.45) is 2.04. The van der Waals surface area contributed by atoms with Gasteiger partial charge in [0.1, 0.15) is 0 Å². The molecule has 4 N–H and O–H groups in total. The molecule has 0 heterocycles. The normalized spacial score (nSPS) is 11.9. The first-order valence-corrected chi connectivity index (χ1v) is 5.96. The first-order valence-electron chi connectivity index (χ1n) is 5.96. The molecule has 1 aromatic rings. The molecule has 1 atom stereocenters. The first-order chi connectivity index (χ1) is 8.02. The summed E-state index contributed by atoms with van der Waals surface area (Å²) in [7, 11) is 0. The lowest BCUT2D eigenvalue weighted by atomic mass is 10.2. The summed E-state index contributed by atoms with van der Waals surface area (Å²) in [6.45, 7) is 6.01. The molecule has 0 aliphatic heterocycles. The number of nitrogens with two attached hydrogens (primary N) is 1. The van der Waals surface area contributed by atoms with Crippen LogP contribution in [0.25, 0.3) is 0 Å². The van der Waals surface area contributed by atoms with Gasteiger partial charge < -0.3 is 16.4 Å². The molecule has 0 radical (unpaired) electrons. The Bertz CT molecular complexity index is 390. The van der Waals surface area contributed by atoms with E-state index >= 15 is 0 Å². The van der Waals surface area contributed by atoms with E-state index in [2.05, 4.69) is 17.6 Å². The molecule has 0 aliphatic carbocycles. The molecule has 0 fully saturated rings. The van der Waals surface area contributed by atoms with Crippen molar-refractivity contribution in [2.45, 2.75) is 39.7 Å². The molecule has 4 heteroatoms. The minimum atomic E-state index is -0.171. The van der Waals surface area contributed by atoms with Crippen LogP contribution in [0.3, 0.4) is 0 Å². The molecule has 0 bridgehead atoms. The third-order valence-electron chi connectivity index (χ3n) is 2.63. The maximum Gasteiger partial charge on any atom is 0.319 e. The topological polar surface area (TPSA) is 67.2 Å². The fourth-order valence-corrected chi connectivity index (χ4v) is 1.65. The molecule has 4 nitrogen and oxygen atoms in total. The summed E-state index contributed by atoms with van der Waals surface area (Å²) >= 11 is 0. The molecule has 17 heavy (non-hydrogen) atoms. The zero-order valence-corrected chi connectivity index (χ0v) is 10.7. The van der Waals surface area contributed by atoms with Gasteiger partial charge in [0.25, 0.3) is 0 Å². The van der Waals surface area contributed by atoms with E-state index in [4.69, 9.17) is 5.73 Å². The van der Waals surface area contributed by atoms with Gasteiger partial charge in [0.05, 0.1) is 0 Å². The minimum Gasteiger partial charge on any atom is -0.399 e. The predicted molar refractivity (Wildman–Crippen MR) is 72.1 cm³/mol. The number of urea groups is 1. The van der Waals surface area contributed by atoms with Crippen molar-refractivity contribution in [2.75, 3.05) is 11.1 Å². The third kappa shape index (κ3) is 4.34. The van der Waals surface area contributed by atoms with Crippen molar-refractivity contribution in [3.8, 4) is 0 Å². The van der Waals surface area contributed by atoms with E-state index in [1.165, 1.54) is 0 Å². The largest absolute Gasteiger partial charge is 0.399 e. The number of hydrogen-bond donors (Lipinski definition) is 3. The highest BCUT2D eigenvalue weighted by Gasteiger charge is 2.06. The summed E-state index contributed by atoms with van der Waals surface area (Å²) in [5.74, 6) is 0. The van der Waals surface area contributed by atoms with Gasteiger partial charge in [-0.2, -0.15) is 0 Å². The van der Waals surface area contributed by atoms with Gasteiger partial charge in [0, 0.05) is 17.4 Å². The number of amides is 2. The lowest BCUT2D eigenvalue weighted by Crippen LogP contribution is -2.35. The third-order valence-corrected chi connectivity index (χ3v) is 2.63. The second-order valence-corrected chi connectivity index (χ2v) is 4.36. The Hall–Kier alpha value is -1.71. The summed E-state index contributed by atoms with van der Waals surface area (Å²) in [6, 6.07) is 5.47. The molecule has 0 aliphatic rings. The van der Waals surface area contributed by atoms with Crippen LogP contribution in [-0.4, -0.2) is 12.1 Å². The van der Waals surface area contributed by atoms with E-state index in [9.17, 15) is 4.79 Å². The number of anilines is 2. The van der Waals surface area contributed by atoms with E-state index in [1.807, 2.05) is 19.9 Å². The number of carbonyl (C=O) groups excluding carboxylic acids is 1. The summed E-state index contributed by atoms with van der Waals surface area (Å²) in [5, 5.41) is 5.68. The second kappa shape index (κ2) is 6.13. The fraction of sp³-hybridized carbons (Fsp3) is 0.462. The van der Waals surface area contributed by atoms with Crippen LogP contribution in [0.15, 0.2) is 18.2 Å². The molecular weight excluding hydrogens is 214 g/mol. The van der Waals surface area contributed by atoms with E-state index in [-0.39, 0.29) is 12.1 Å². The maximum atomic E-state index is 11.6. The van der Waals surface area contributed by atoms with Crippen LogP contribution < -0.4 is 16.4 Å². The molecule has 94 valence electrons. The Morgan fingerprint density at radius 3 is 2.76 bits per heavy atom. The van der Waals surface area contributed by atoms with Crippen molar-refractivity contribution >= 4 is 17.4 Å². The number of benzene rings is 1. The molecule has 1 rings (SSSR count). The van der Waals surface area contributed by atoms with Crippen LogP contribution in [0.1, 0.15) is 32.3 Å². The quantitative estimate of drug-likeness (QED) is 0.702. The molecule has 0 spiro atoms. The van der Waals surface area contributed by atoms with Gasteiger partial charge in [-0.1, -0.05) is 13.3 Å². The van der Waals surface area contributed by atoms with Crippen LogP contribution >= 0.6 is 0 Å². The molecule has 2 amide bonds. The molecular formula is C13H21N3O. The minimum absolute atomic E-state index is 0.171. The van der Waals surface area contributed by atoms with Crippen LogP contribution in [0, 0.1) is 6.92 Å². The zero-order chi connectivity index (χ0) is 12.8. The molecule has 0 aromatic heterocycles. The lowest BCUT2D eigenvalue weighted by molar-refractivity contribution is 0.248. The van der Waals surface area contributed by atoms with Crippen molar-refractivity contribution in [3.63, 3.8) is 0 Å². The Kier molecular flexibility index (Phi) is 4.82. The highest BCUT2D eigenvalue weighted by Crippen LogP contribution is 2.16. The second-order valence-electron chi connectivity index (χ2n) is 4.36. The average molecular weight is 235 g/mol. The Labute approximate surface area is 103 Å². The van der Waals surface area contributed by atoms with Crippen molar-refractivity contribution in [1.29, 1.82) is 0 Å². The van der Waals surface area contributed by atoms with Gasteiger partial charge in [-0.15, -0.1) is 0 Å². The molecule has 0 saturated carbocycles. The van der Waals surface area contributed by atoms with Gasteiger partial charge in [-0.05, 0) is 44.0 Å². The van der Waals surface area contributed by atoms with Crippen molar-refractivity contribution in [2.24, 2.45) is 0 Å². The van der Waals surface area contributed by atoms with Gasteiger partial charge >= 0.3 is 6.03 Å². The number of nitrogens with one attached hydrogen (secondary N) is 2. The lowest BCUT2D eigenvalue weighted by Gasteiger charge is -2.14. The van der Waals surface area contributed by atoms with E-state index < -0.39 is 0 Å². The monoisotopic (exact) mass is 235 g/mol. The standard InChI is InChI=1S/C13H21N3O/c1-4-5-10(3)15-13(17)16-11-6-7-12(14)9(2)8-11/h6-8,10H,4-5,14H2,1-3H3,(H2,15,16,17). The summed E-state index contributed by atoms with van der Waals surface area (Å²) in [4.78, 5) is 11.6. The summed E-state index contributed by atoms with van der Waals surface area (Å²) < 4.78 is 0. The Morgan fingerprint density at radius 1 is 1.47 bits per heavy atom.